The van der Waals surface area contributed by atoms with Gasteiger partial charge in [0.05, 0.1) is 37.1 Å². The van der Waals surface area contributed by atoms with Gasteiger partial charge in [-0.05, 0) is 25.0 Å². The van der Waals surface area contributed by atoms with Crippen molar-refractivity contribution >= 4 is 5.69 Å². The summed E-state index contributed by atoms with van der Waals surface area (Å²) in [6.45, 7) is 0. The average Bonchev–Trinajstić information content (AvgIpc) is 3.23. The average molecular weight is 268 g/mol. The number of nitrogens with one attached hydrogen (secondary N) is 1. The fourth-order valence-electron chi connectivity index (χ4n) is 2.29. The Hall–Kier alpha value is -2.48. The number of rotatable bonds is 5. The van der Waals surface area contributed by atoms with E-state index in [1.807, 2.05) is 24.3 Å². The number of hydrogen-bond donors (Lipinski definition) is 1. The standard InChI is InChI=1S/C15H16N4O/c1-20-15-5-3-2-4-12(15)18-13(8-16)14-9-17-10-19(14)11-6-7-11/h2-5,9-11,13,18H,6-7H2,1H3. The summed E-state index contributed by atoms with van der Waals surface area (Å²) in [5, 5.41) is 12.7. The second kappa shape index (κ2) is 5.25. The maximum absolute atomic E-state index is 9.45. The number of para-hydroxylation sites is 2. The van der Waals surface area contributed by atoms with Gasteiger partial charge in [0.2, 0.25) is 0 Å². The second-order valence-electron chi connectivity index (χ2n) is 4.86. The van der Waals surface area contributed by atoms with Gasteiger partial charge in [-0.3, -0.25) is 0 Å². The van der Waals surface area contributed by atoms with E-state index in [9.17, 15) is 5.26 Å². The van der Waals surface area contributed by atoms with E-state index < -0.39 is 6.04 Å². The van der Waals surface area contributed by atoms with Gasteiger partial charge in [-0.15, -0.1) is 0 Å². The van der Waals surface area contributed by atoms with Crippen molar-refractivity contribution in [1.82, 2.24) is 9.55 Å². The van der Waals surface area contributed by atoms with Gasteiger partial charge in [-0.2, -0.15) is 5.26 Å². The fraction of sp³-hybridized carbons (Fsp3) is 0.333. The summed E-state index contributed by atoms with van der Waals surface area (Å²) in [5.74, 6) is 0.727. The third-order valence-electron chi connectivity index (χ3n) is 3.47. The number of ether oxygens (including phenoxy) is 1. The van der Waals surface area contributed by atoms with E-state index >= 15 is 0 Å². The number of benzene rings is 1. The molecule has 1 aromatic heterocycles. The first kappa shape index (κ1) is 12.5. The zero-order valence-corrected chi connectivity index (χ0v) is 11.3. The van der Waals surface area contributed by atoms with Crippen molar-refractivity contribution in [2.45, 2.75) is 24.9 Å². The summed E-state index contributed by atoms with van der Waals surface area (Å²) < 4.78 is 7.40. The van der Waals surface area contributed by atoms with Crippen LogP contribution in [0.5, 0.6) is 5.75 Å². The summed E-state index contributed by atoms with van der Waals surface area (Å²) in [4.78, 5) is 4.18. The maximum atomic E-state index is 9.45. The Morgan fingerprint density at radius 2 is 2.25 bits per heavy atom. The smallest absolute Gasteiger partial charge is 0.157 e. The minimum absolute atomic E-state index is 0.436. The van der Waals surface area contributed by atoms with Crippen molar-refractivity contribution in [2.75, 3.05) is 12.4 Å². The van der Waals surface area contributed by atoms with Crippen molar-refractivity contribution in [3.8, 4) is 11.8 Å². The molecule has 5 nitrogen and oxygen atoms in total. The highest BCUT2D eigenvalue weighted by Gasteiger charge is 2.28. The molecule has 0 aliphatic heterocycles. The van der Waals surface area contributed by atoms with Crippen LogP contribution in [-0.2, 0) is 0 Å². The Morgan fingerprint density at radius 1 is 1.45 bits per heavy atom. The molecule has 2 aromatic rings. The highest BCUT2D eigenvalue weighted by Crippen LogP contribution is 2.37. The predicted molar refractivity (Wildman–Crippen MR) is 75.5 cm³/mol. The zero-order valence-electron chi connectivity index (χ0n) is 11.3. The highest BCUT2D eigenvalue weighted by atomic mass is 16.5. The van der Waals surface area contributed by atoms with Gasteiger partial charge in [0.15, 0.2) is 6.04 Å². The monoisotopic (exact) mass is 268 g/mol. The number of aromatic nitrogens is 2. The molecule has 102 valence electrons. The van der Waals surface area contributed by atoms with E-state index in [0.29, 0.717) is 6.04 Å². The summed E-state index contributed by atoms with van der Waals surface area (Å²) >= 11 is 0. The molecule has 5 heteroatoms. The lowest BCUT2D eigenvalue weighted by atomic mass is 10.2. The quantitative estimate of drug-likeness (QED) is 0.905. The van der Waals surface area contributed by atoms with Gasteiger partial charge in [0, 0.05) is 6.04 Å². The molecule has 1 atom stereocenters. The minimum Gasteiger partial charge on any atom is -0.495 e. The largest absolute Gasteiger partial charge is 0.495 e. The van der Waals surface area contributed by atoms with Gasteiger partial charge >= 0.3 is 0 Å². The minimum atomic E-state index is -0.436. The third-order valence-corrected chi connectivity index (χ3v) is 3.47. The van der Waals surface area contributed by atoms with E-state index in [-0.39, 0.29) is 0 Å². The molecule has 0 bridgehead atoms. The molecule has 1 heterocycles. The summed E-state index contributed by atoms with van der Waals surface area (Å²) in [7, 11) is 1.62. The van der Waals surface area contributed by atoms with Crippen molar-refractivity contribution < 1.29 is 4.74 Å². The SMILES string of the molecule is COc1ccccc1NC(C#N)c1cncn1C1CC1. The summed E-state index contributed by atoms with van der Waals surface area (Å²) in [6, 6.07) is 9.96. The fourth-order valence-corrected chi connectivity index (χ4v) is 2.29. The van der Waals surface area contributed by atoms with Crippen LogP contribution in [0.3, 0.4) is 0 Å². The summed E-state index contributed by atoms with van der Waals surface area (Å²) in [6.07, 6.45) is 5.89. The van der Waals surface area contributed by atoms with Crippen molar-refractivity contribution in [1.29, 1.82) is 5.26 Å². The van der Waals surface area contributed by atoms with Gasteiger partial charge in [-0.25, -0.2) is 4.98 Å². The molecule has 0 amide bonds. The molecule has 0 saturated heterocycles. The van der Waals surface area contributed by atoms with Crippen LogP contribution in [0.1, 0.15) is 30.6 Å². The van der Waals surface area contributed by atoms with Crippen LogP contribution in [-0.4, -0.2) is 16.7 Å². The molecule has 20 heavy (non-hydrogen) atoms. The van der Waals surface area contributed by atoms with Gasteiger partial charge in [0.1, 0.15) is 5.75 Å². The lowest BCUT2D eigenvalue weighted by Gasteiger charge is -2.17. The Kier molecular flexibility index (Phi) is 3.30. The van der Waals surface area contributed by atoms with Gasteiger partial charge in [-0.1, -0.05) is 12.1 Å². The molecular formula is C15H16N4O. The van der Waals surface area contributed by atoms with E-state index in [1.54, 1.807) is 19.6 Å². The number of imidazole rings is 1. The second-order valence-corrected chi connectivity index (χ2v) is 4.86. The van der Waals surface area contributed by atoms with Crippen LogP contribution < -0.4 is 10.1 Å². The van der Waals surface area contributed by atoms with Crippen LogP contribution >= 0.6 is 0 Å². The van der Waals surface area contributed by atoms with Crippen LogP contribution in [0.25, 0.3) is 0 Å². The predicted octanol–water partition coefficient (Wildman–Crippen LogP) is 2.90. The normalized spacial score (nSPS) is 15.4. The van der Waals surface area contributed by atoms with Crippen LogP contribution in [0.15, 0.2) is 36.8 Å². The number of methoxy groups -OCH3 is 1. The number of nitriles is 1. The lowest BCUT2D eigenvalue weighted by molar-refractivity contribution is 0.416. The van der Waals surface area contributed by atoms with E-state index in [2.05, 4.69) is 20.9 Å². The first-order chi connectivity index (χ1) is 9.83. The Bertz CT molecular complexity index is 639. The molecule has 1 aliphatic carbocycles. The van der Waals surface area contributed by atoms with Crippen molar-refractivity contribution in [2.24, 2.45) is 0 Å². The molecule has 1 N–H and O–H groups in total. The van der Waals surface area contributed by atoms with Crippen LogP contribution in [0.4, 0.5) is 5.69 Å². The Balaban J connectivity index is 1.87. The molecule has 0 spiro atoms. The molecular weight excluding hydrogens is 252 g/mol. The molecule has 3 rings (SSSR count). The van der Waals surface area contributed by atoms with E-state index in [4.69, 9.17) is 4.74 Å². The van der Waals surface area contributed by atoms with Gasteiger partial charge < -0.3 is 14.6 Å². The van der Waals surface area contributed by atoms with Gasteiger partial charge in [0.25, 0.3) is 0 Å². The molecule has 1 aromatic carbocycles. The zero-order chi connectivity index (χ0) is 13.9. The molecule has 1 unspecified atom stereocenters. The highest BCUT2D eigenvalue weighted by molar-refractivity contribution is 5.58. The molecule has 1 saturated carbocycles. The lowest BCUT2D eigenvalue weighted by Crippen LogP contribution is -2.13. The number of nitrogens with zero attached hydrogens (tertiary/aromatic N) is 3. The first-order valence-corrected chi connectivity index (χ1v) is 6.64. The topological polar surface area (TPSA) is 62.9 Å². The molecule has 0 radical (unpaired) electrons. The van der Waals surface area contributed by atoms with Crippen LogP contribution in [0, 0.1) is 11.3 Å². The Labute approximate surface area is 117 Å². The maximum Gasteiger partial charge on any atom is 0.157 e. The Morgan fingerprint density at radius 3 is 2.95 bits per heavy atom. The number of hydrogen-bond acceptors (Lipinski definition) is 4. The van der Waals surface area contributed by atoms with Crippen LogP contribution in [0.2, 0.25) is 0 Å². The number of anilines is 1. The molecule has 1 fully saturated rings. The van der Waals surface area contributed by atoms with Crippen molar-refractivity contribution in [3.63, 3.8) is 0 Å². The molecule has 1 aliphatic rings. The third kappa shape index (κ3) is 2.32. The first-order valence-electron chi connectivity index (χ1n) is 6.64. The van der Waals surface area contributed by atoms with E-state index in [1.165, 1.54) is 0 Å². The van der Waals surface area contributed by atoms with Crippen molar-refractivity contribution in [3.05, 3.63) is 42.5 Å². The van der Waals surface area contributed by atoms with E-state index in [0.717, 1.165) is 30.0 Å². The summed E-state index contributed by atoms with van der Waals surface area (Å²) in [5.41, 5.74) is 1.71.